The second-order valence-corrected chi connectivity index (χ2v) is 7.35. The molecule has 0 bridgehead atoms. The van der Waals surface area contributed by atoms with Gasteiger partial charge in [0.2, 0.25) is 5.91 Å². The number of carbonyl (C=O) groups excluding carboxylic acids is 1. The summed E-state index contributed by atoms with van der Waals surface area (Å²) in [5.41, 5.74) is 4.06. The van der Waals surface area contributed by atoms with E-state index < -0.39 is 0 Å². The Morgan fingerprint density at radius 2 is 2.00 bits per heavy atom. The molecule has 0 radical (unpaired) electrons. The average molecular weight is 378 g/mol. The molecule has 132 valence electrons. The van der Waals surface area contributed by atoms with Crippen molar-refractivity contribution in [1.82, 2.24) is 0 Å². The Labute approximate surface area is 156 Å². The number of rotatable bonds is 5. The predicted octanol–water partition coefficient (Wildman–Crippen LogP) is 4.60. The van der Waals surface area contributed by atoms with E-state index in [0.717, 1.165) is 22.4 Å². The molecular formula is C19H20ClNO3S. The number of nitrogens with one attached hydrogen (secondary N) is 1. The molecule has 0 saturated heterocycles. The lowest BCUT2D eigenvalue weighted by Gasteiger charge is -2.20. The highest BCUT2D eigenvalue weighted by Gasteiger charge is 2.16. The van der Waals surface area contributed by atoms with Crippen LogP contribution in [0.5, 0.6) is 11.5 Å². The highest BCUT2D eigenvalue weighted by molar-refractivity contribution is 7.99. The van der Waals surface area contributed by atoms with Crippen molar-refractivity contribution in [2.75, 3.05) is 24.3 Å². The second kappa shape index (κ2) is 8.02. The highest BCUT2D eigenvalue weighted by atomic mass is 35.5. The molecule has 2 aromatic carbocycles. The first-order chi connectivity index (χ1) is 12.0. The van der Waals surface area contributed by atoms with E-state index in [2.05, 4.69) is 5.32 Å². The van der Waals surface area contributed by atoms with Crippen molar-refractivity contribution in [1.29, 1.82) is 0 Å². The van der Waals surface area contributed by atoms with Crippen LogP contribution in [0.15, 0.2) is 30.3 Å². The van der Waals surface area contributed by atoms with Crippen LogP contribution in [0, 0.1) is 13.8 Å². The van der Waals surface area contributed by atoms with Crippen LogP contribution in [0.4, 0.5) is 5.69 Å². The van der Waals surface area contributed by atoms with Gasteiger partial charge in [0.25, 0.3) is 0 Å². The van der Waals surface area contributed by atoms with E-state index in [9.17, 15) is 4.79 Å². The van der Waals surface area contributed by atoms with Crippen LogP contribution < -0.4 is 14.8 Å². The van der Waals surface area contributed by atoms with Gasteiger partial charge in [0, 0.05) is 11.4 Å². The number of carbonyl (C=O) groups is 1. The number of hydrogen-bond acceptors (Lipinski definition) is 4. The Morgan fingerprint density at radius 1 is 1.20 bits per heavy atom. The number of benzene rings is 2. The Bertz CT molecular complexity index is 794. The maximum atomic E-state index is 12.2. The Hall–Kier alpha value is -1.85. The van der Waals surface area contributed by atoms with Crippen LogP contribution in [0.2, 0.25) is 5.02 Å². The Balaban J connectivity index is 1.55. The van der Waals surface area contributed by atoms with E-state index in [0.29, 0.717) is 41.2 Å². The van der Waals surface area contributed by atoms with Gasteiger partial charge in [-0.15, -0.1) is 11.8 Å². The molecule has 0 atom stereocenters. The van der Waals surface area contributed by atoms with Gasteiger partial charge in [-0.05, 0) is 48.7 Å². The van der Waals surface area contributed by atoms with Gasteiger partial charge in [0.1, 0.15) is 13.2 Å². The molecule has 0 saturated carbocycles. The molecule has 0 aromatic heterocycles. The molecule has 1 amide bonds. The number of anilines is 1. The molecule has 2 aromatic rings. The number of hydrogen-bond donors (Lipinski definition) is 1. The maximum absolute atomic E-state index is 12.2. The van der Waals surface area contributed by atoms with Crippen LogP contribution in [-0.2, 0) is 10.5 Å². The van der Waals surface area contributed by atoms with E-state index in [1.807, 2.05) is 44.2 Å². The zero-order valence-electron chi connectivity index (χ0n) is 14.2. The van der Waals surface area contributed by atoms with Crippen molar-refractivity contribution in [3.63, 3.8) is 0 Å². The number of fused-ring (bicyclic) bond motifs is 1. The molecule has 1 N–H and O–H groups in total. The highest BCUT2D eigenvalue weighted by Crippen LogP contribution is 2.39. The normalized spacial score (nSPS) is 12.8. The first kappa shape index (κ1) is 18.0. The molecule has 1 heterocycles. The van der Waals surface area contributed by atoms with Gasteiger partial charge in [-0.25, -0.2) is 0 Å². The smallest absolute Gasteiger partial charge is 0.234 e. The fourth-order valence-electron chi connectivity index (χ4n) is 2.57. The van der Waals surface area contributed by atoms with Gasteiger partial charge in [0.05, 0.1) is 10.8 Å². The SMILES string of the molecule is Cc1ccc(C)c(NC(=O)CSCc2cc(Cl)c3c(c2)OCCO3)c1. The summed E-state index contributed by atoms with van der Waals surface area (Å²) < 4.78 is 11.1. The summed E-state index contributed by atoms with van der Waals surface area (Å²) in [6.45, 7) is 5.03. The average Bonchev–Trinajstić information content (AvgIpc) is 2.58. The van der Waals surface area contributed by atoms with Gasteiger partial charge in [-0.3, -0.25) is 4.79 Å². The van der Waals surface area contributed by atoms with E-state index in [1.165, 1.54) is 11.8 Å². The first-order valence-electron chi connectivity index (χ1n) is 8.06. The molecule has 6 heteroatoms. The van der Waals surface area contributed by atoms with Crippen LogP contribution in [0.25, 0.3) is 0 Å². The molecule has 1 aliphatic heterocycles. The molecule has 4 nitrogen and oxygen atoms in total. The van der Waals surface area contributed by atoms with Crippen molar-refractivity contribution in [2.24, 2.45) is 0 Å². The molecule has 0 fully saturated rings. The molecule has 25 heavy (non-hydrogen) atoms. The third-order valence-corrected chi connectivity index (χ3v) is 5.11. The zero-order chi connectivity index (χ0) is 17.8. The van der Waals surface area contributed by atoms with E-state index in [1.54, 1.807) is 0 Å². The fourth-order valence-corrected chi connectivity index (χ4v) is 3.62. The molecule has 0 unspecified atom stereocenters. The lowest BCUT2D eigenvalue weighted by molar-refractivity contribution is -0.113. The molecule has 3 rings (SSSR count). The third-order valence-electron chi connectivity index (χ3n) is 3.83. The minimum absolute atomic E-state index is 0.0117. The van der Waals surface area contributed by atoms with Crippen molar-refractivity contribution in [2.45, 2.75) is 19.6 Å². The van der Waals surface area contributed by atoms with Crippen molar-refractivity contribution in [3.05, 3.63) is 52.0 Å². The number of halogens is 1. The standard InChI is InChI=1S/C19H20ClNO3S/c1-12-3-4-13(2)16(7-12)21-18(22)11-25-10-14-8-15(20)19-17(9-14)23-5-6-24-19/h3-4,7-9H,5-6,10-11H2,1-2H3,(H,21,22). The second-order valence-electron chi connectivity index (χ2n) is 5.96. The van der Waals surface area contributed by atoms with Crippen LogP contribution in [0.3, 0.4) is 0 Å². The summed E-state index contributed by atoms with van der Waals surface area (Å²) in [6, 6.07) is 9.82. The lowest BCUT2D eigenvalue weighted by Crippen LogP contribution is -2.16. The summed E-state index contributed by atoms with van der Waals surface area (Å²) in [4.78, 5) is 12.2. The molecular weight excluding hydrogens is 358 g/mol. The summed E-state index contributed by atoms with van der Waals surface area (Å²) in [5.74, 6) is 2.32. The Kier molecular flexibility index (Phi) is 5.76. The molecule has 1 aliphatic rings. The molecule has 0 aliphatic carbocycles. The largest absolute Gasteiger partial charge is 0.486 e. The first-order valence-corrected chi connectivity index (χ1v) is 9.59. The van der Waals surface area contributed by atoms with Crippen molar-refractivity contribution >= 4 is 35.0 Å². The minimum atomic E-state index is -0.0117. The maximum Gasteiger partial charge on any atom is 0.234 e. The van der Waals surface area contributed by atoms with Gasteiger partial charge >= 0.3 is 0 Å². The van der Waals surface area contributed by atoms with Crippen LogP contribution in [0.1, 0.15) is 16.7 Å². The quantitative estimate of drug-likeness (QED) is 0.827. The summed E-state index contributed by atoms with van der Waals surface area (Å²) in [6.07, 6.45) is 0. The van der Waals surface area contributed by atoms with Gasteiger partial charge in [0.15, 0.2) is 11.5 Å². The topological polar surface area (TPSA) is 47.6 Å². The Morgan fingerprint density at radius 3 is 2.84 bits per heavy atom. The van der Waals surface area contributed by atoms with Gasteiger partial charge in [-0.1, -0.05) is 23.7 Å². The zero-order valence-corrected chi connectivity index (χ0v) is 15.8. The number of amides is 1. The number of ether oxygens (including phenoxy) is 2. The lowest BCUT2D eigenvalue weighted by atomic mass is 10.1. The monoisotopic (exact) mass is 377 g/mol. The van der Waals surface area contributed by atoms with Crippen molar-refractivity contribution < 1.29 is 14.3 Å². The van der Waals surface area contributed by atoms with E-state index >= 15 is 0 Å². The van der Waals surface area contributed by atoms with Crippen LogP contribution in [-0.4, -0.2) is 24.9 Å². The van der Waals surface area contributed by atoms with E-state index in [4.69, 9.17) is 21.1 Å². The number of aryl methyl sites for hydroxylation is 2. The summed E-state index contributed by atoms with van der Waals surface area (Å²) in [7, 11) is 0. The summed E-state index contributed by atoms with van der Waals surface area (Å²) >= 11 is 7.77. The number of thioether (sulfide) groups is 1. The van der Waals surface area contributed by atoms with Crippen molar-refractivity contribution in [3.8, 4) is 11.5 Å². The summed E-state index contributed by atoms with van der Waals surface area (Å²) in [5, 5.41) is 3.52. The third kappa shape index (κ3) is 4.61. The predicted molar refractivity (Wildman–Crippen MR) is 103 cm³/mol. The minimum Gasteiger partial charge on any atom is -0.486 e. The van der Waals surface area contributed by atoms with Gasteiger partial charge < -0.3 is 14.8 Å². The molecule has 0 spiro atoms. The van der Waals surface area contributed by atoms with E-state index in [-0.39, 0.29) is 5.91 Å². The van der Waals surface area contributed by atoms with Crippen LogP contribution >= 0.6 is 23.4 Å². The fraction of sp³-hybridized carbons (Fsp3) is 0.316. The van der Waals surface area contributed by atoms with Gasteiger partial charge in [-0.2, -0.15) is 0 Å².